The van der Waals surface area contributed by atoms with Crippen LogP contribution in [0.25, 0.3) is 0 Å². The number of unbranched alkanes of at least 4 members (excludes halogenated alkanes) is 4. The monoisotopic (exact) mass is 380 g/mol. The fourth-order valence-corrected chi connectivity index (χ4v) is 3.58. The number of benzene rings is 2. The maximum absolute atomic E-state index is 13.0. The summed E-state index contributed by atoms with van der Waals surface area (Å²) < 4.78 is 5.80. The minimum Gasteiger partial charge on any atom is -0.426 e. The Bertz CT molecular complexity index is 690. The summed E-state index contributed by atoms with van der Waals surface area (Å²) in [5.74, 6) is 0.575. The summed E-state index contributed by atoms with van der Waals surface area (Å²) in [6, 6.07) is 18.4. The first-order valence-corrected chi connectivity index (χ1v) is 10.9. The zero-order valence-electron chi connectivity index (χ0n) is 17.9. The van der Waals surface area contributed by atoms with Gasteiger partial charge in [-0.05, 0) is 49.4 Å². The highest BCUT2D eigenvalue weighted by Gasteiger charge is 2.34. The fourth-order valence-electron chi connectivity index (χ4n) is 3.58. The van der Waals surface area contributed by atoms with E-state index in [0.717, 1.165) is 38.5 Å². The first-order valence-electron chi connectivity index (χ1n) is 10.9. The summed E-state index contributed by atoms with van der Waals surface area (Å²) in [7, 11) is 0. The molecule has 0 amide bonds. The normalized spacial score (nSPS) is 13.1. The molecule has 0 radical (unpaired) electrons. The lowest BCUT2D eigenvalue weighted by atomic mass is 9.80. The minimum atomic E-state index is -0.382. The van der Waals surface area contributed by atoms with Gasteiger partial charge in [-0.2, -0.15) is 0 Å². The third-order valence-electron chi connectivity index (χ3n) is 5.54. The highest BCUT2D eigenvalue weighted by atomic mass is 16.5. The number of hydrogen-bond donors (Lipinski definition) is 0. The number of esters is 1. The molecule has 0 saturated heterocycles. The van der Waals surface area contributed by atoms with Gasteiger partial charge in [-0.25, -0.2) is 0 Å². The summed E-state index contributed by atoms with van der Waals surface area (Å²) in [4.78, 5) is 13.0. The predicted molar refractivity (Wildman–Crippen MR) is 118 cm³/mol. The lowest BCUT2D eigenvalue weighted by Crippen LogP contribution is -2.32. The Hall–Kier alpha value is -2.09. The molecule has 28 heavy (non-hydrogen) atoms. The molecule has 2 rings (SSSR count). The van der Waals surface area contributed by atoms with Crippen molar-refractivity contribution in [2.75, 3.05) is 0 Å². The maximum Gasteiger partial charge on any atom is 0.317 e. The standard InChI is InChI=1S/C26H36O2/c1-4-6-8-12-20-26(3,19-7-5-2)25(27)28-24-17-15-23(16-18-24)21-22-13-10-9-11-14-22/h9-11,13-18H,4-8,12,19-21H2,1-3H3. The molecule has 0 saturated carbocycles. The summed E-state index contributed by atoms with van der Waals surface area (Å²) in [6.45, 7) is 6.47. The zero-order valence-corrected chi connectivity index (χ0v) is 17.9. The van der Waals surface area contributed by atoms with Gasteiger partial charge in [-0.1, -0.05) is 94.8 Å². The second kappa shape index (κ2) is 11.7. The van der Waals surface area contributed by atoms with Gasteiger partial charge < -0.3 is 4.74 Å². The van der Waals surface area contributed by atoms with E-state index in [0.29, 0.717) is 5.75 Å². The van der Waals surface area contributed by atoms with Gasteiger partial charge in [-0.3, -0.25) is 4.79 Å². The molecule has 1 atom stereocenters. The molecule has 0 aliphatic rings. The Morgan fingerprint density at radius 3 is 2.04 bits per heavy atom. The second-order valence-corrected chi connectivity index (χ2v) is 8.17. The lowest BCUT2D eigenvalue weighted by Gasteiger charge is -2.27. The topological polar surface area (TPSA) is 26.3 Å². The van der Waals surface area contributed by atoms with Crippen LogP contribution >= 0.6 is 0 Å². The largest absolute Gasteiger partial charge is 0.426 e. The highest BCUT2D eigenvalue weighted by molar-refractivity contribution is 5.78. The van der Waals surface area contributed by atoms with Crippen LogP contribution in [0.2, 0.25) is 0 Å². The van der Waals surface area contributed by atoms with Crippen molar-refractivity contribution in [2.45, 2.75) is 78.6 Å². The molecule has 0 bridgehead atoms. The average Bonchev–Trinajstić information content (AvgIpc) is 2.72. The van der Waals surface area contributed by atoms with Crippen molar-refractivity contribution < 1.29 is 9.53 Å². The van der Waals surface area contributed by atoms with E-state index < -0.39 is 0 Å². The van der Waals surface area contributed by atoms with Crippen molar-refractivity contribution in [3.63, 3.8) is 0 Å². The van der Waals surface area contributed by atoms with E-state index in [1.165, 1.54) is 30.4 Å². The van der Waals surface area contributed by atoms with Gasteiger partial charge in [0.25, 0.3) is 0 Å². The molecule has 2 aromatic carbocycles. The SMILES string of the molecule is CCCCCCC(C)(CCCC)C(=O)Oc1ccc(Cc2ccccc2)cc1. The molecule has 0 aliphatic heterocycles. The van der Waals surface area contributed by atoms with E-state index in [9.17, 15) is 4.79 Å². The lowest BCUT2D eigenvalue weighted by molar-refractivity contribution is -0.146. The van der Waals surface area contributed by atoms with E-state index in [2.05, 4.69) is 57.2 Å². The molecular formula is C26H36O2. The van der Waals surface area contributed by atoms with Crippen LogP contribution in [-0.4, -0.2) is 5.97 Å². The van der Waals surface area contributed by atoms with Crippen LogP contribution in [-0.2, 0) is 11.2 Å². The van der Waals surface area contributed by atoms with Crippen LogP contribution in [0, 0.1) is 5.41 Å². The molecule has 2 aromatic rings. The summed E-state index contributed by atoms with van der Waals surface area (Å²) in [5, 5.41) is 0. The van der Waals surface area contributed by atoms with E-state index in [1.54, 1.807) is 0 Å². The van der Waals surface area contributed by atoms with Crippen LogP contribution in [0.1, 0.15) is 83.3 Å². The third kappa shape index (κ3) is 7.14. The Labute approximate surface area is 171 Å². The van der Waals surface area contributed by atoms with Crippen molar-refractivity contribution >= 4 is 5.97 Å². The van der Waals surface area contributed by atoms with Gasteiger partial charge in [-0.15, -0.1) is 0 Å². The van der Waals surface area contributed by atoms with Gasteiger partial charge in [0, 0.05) is 0 Å². The second-order valence-electron chi connectivity index (χ2n) is 8.17. The van der Waals surface area contributed by atoms with E-state index in [4.69, 9.17) is 4.74 Å². The van der Waals surface area contributed by atoms with Crippen molar-refractivity contribution in [3.8, 4) is 5.75 Å². The third-order valence-corrected chi connectivity index (χ3v) is 5.54. The number of carbonyl (C=O) groups is 1. The number of ether oxygens (including phenoxy) is 1. The van der Waals surface area contributed by atoms with Crippen molar-refractivity contribution in [1.82, 2.24) is 0 Å². The molecule has 0 fully saturated rings. The molecule has 152 valence electrons. The summed E-state index contributed by atoms with van der Waals surface area (Å²) in [6.07, 6.45) is 9.62. The molecular weight excluding hydrogens is 344 g/mol. The van der Waals surface area contributed by atoms with Crippen molar-refractivity contribution in [2.24, 2.45) is 5.41 Å². The van der Waals surface area contributed by atoms with Crippen LogP contribution in [0.3, 0.4) is 0 Å². The van der Waals surface area contributed by atoms with Gasteiger partial charge >= 0.3 is 5.97 Å². The Balaban J connectivity index is 1.97. The maximum atomic E-state index is 13.0. The molecule has 0 spiro atoms. The quantitative estimate of drug-likeness (QED) is 0.218. The van der Waals surface area contributed by atoms with Crippen LogP contribution < -0.4 is 4.74 Å². The molecule has 0 aliphatic carbocycles. The molecule has 1 unspecified atom stereocenters. The minimum absolute atomic E-state index is 0.0757. The van der Waals surface area contributed by atoms with Gasteiger partial charge in [0.15, 0.2) is 0 Å². The van der Waals surface area contributed by atoms with Gasteiger partial charge in [0.2, 0.25) is 0 Å². The van der Waals surface area contributed by atoms with E-state index in [-0.39, 0.29) is 11.4 Å². The summed E-state index contributed by atoms with van der Waals surface area (Å²) in [5.41, 5.74) is 2.12. The van der Waals surface area contributed by atoms with Crippen LogP contribution in [0.4, 0.5) is 0 Å². The molecule has 2 nitrogen and oxygen atoms in total. The predicted octanol–water partition coefficient (Wildman–Crippen LogP) is 7.35. The van der Waals surface area contributed by atoms with E-state index in [1.807, 2.05) is 18.2 Å². The van der Waals surface area contributed by atoms with E-state index >= 15 is 0 Å². The Morgan fingerprint density at radius 2 is 1.39 bits per heavy atom. The van der Waals surface area contributed by atoms with Crippen LogP contribution in [0.5, 0.6) is 5.75 Å². The first kappa shape index (κ1) is 22.2. The molecule has 0 N–H and O–H groups in total. The number of rotatable bonds is 12. The first-order chi connectivity index (χ1) is 13.6. The van der Waals surface area contributed by atoms with Gasteiger partial charge in [0.1, 0.15) is 5.75 Å². The van der Waals surface area contributed by atoms with Crippen LogP contribution in [0.15, 0.2) is 54.6 Å². The smallest absolute Gasteiger partial charge is 0.317 e. The molecule has 2 heteroatoms. The van der Waals surface area contributed by atoms with Crippen molar-refractivity contribution in [1.29, 1.82) is 0 Å². The highest BCUT2D eigenvalue weighted by Crippen LogP contribution is 2.33. The number of hydrogen-bond acceptors (Lipinski definition) is 2. The molecule has 0 aromatic heterocycles. The fraction of sp³-hybridized carbons (Fsp3) is 0.500. The molecule has 0 heterocycles. The Kier molecular flexibility index (Phi) is 9.27. The van der Waals surface area contributed by atoms with Crippen molar-refractivity contribution in [3.05, 3.63) is 65.7 Å². The Morgan fingerprint density at radius 1 is 0.786 bits per heavy atom. The summed E-state index contributed by atoms with van der Waals surface area (Å²) >= 11 is 0. The number of carbonyl (C=O) groups excluding carboxylic acids is 1. The zero-order chi connectivity index (χ0) is 20.2. The van der Waals surface area contributed by atoms with Gasteiger partial charge in [0.05, 0.1) is 5.41 Å². The average molecular weight is 381 g/mol.